The topological polar surface area (TPSA) is 61.2 Å². The van der Waals surface area contributed by atoms with Gasteiger partial charge in [-0.1, -0.05) is 23.9 Å². The molecule has 0 spiro atoms. The summed E-state index contributed by atoms with van der Waals surface area (Å²) in [7, 11) is 2.92. The molecule has 0 aliphatic carbocycles. The zero-order chi connectivity index (χ0) is 17.3. The number of thioether (sulfide) groups is 1. The van der Waals surface area contributed by atoms with Crippen molar-refractivity contribution in [2.24, 2.45) is 7.05 Å². The van der Waals surface area contributed by atoms with Crippen LogP contribution in [-0.4, -0.2) is 28.4 Å². The Kier molecular flexibility index (Phi) is 4.68. The summed E-state index contributed by atoms with van der Waals surface area (Å²) in [5.41, 5.74) is 1.29. The highest BCUT2D eigenvalue weighted by Gasteiger charge is 2.16. The molecule has 1 aromatic carbocycles. The fourth-order valence-electron chi connectivity index (χ4n) is 2.21. The smallest absolute Gasteiger partial charge is 0.316 e. The Morgan fingerprint density at radius 3 is 2.75 bits per heavy atom. The number of nitrogens with zero attached hydrogens (tertiary/aromatic N) is 2. The molecule has 5 nitrogen and oxygen atoms in total. The van der Waals surface area contributed by atoms with Gasteiger partial charge in [-0.2, -0.15) is 0 Å². The summed E-state index contributed by atoms with van der Waals surface area (Å²) in [6.45, 7) is 0. The van der Waals surface area contributed by atoms with Crippen LogP contribution in [0.5, 0.6) is 0 Å². The van der Waals surface area contributed by atoms with Crippen LogP contribution in [0.15, 0.2) is 39.6 Å². The minimum atomic E-state index is -0.382. The lowest BCUT2D eigenvalue weighted by Crippen LogP contribution is -2.20. The number of fused-ring (bicyclic) bond motifs is 1. The zero-order valence-electron chi connectivity index (χ0n) is 12.9. The number of hydrogen-bond donors (Lipinski definition) is 0. The van der Waals surface area contributed by atoms with Gasteiger partial charge in [-0.3, -0.25) is 14.2 Å². The molecule has 0 amide bonds. The number of carbonyl (C=O) groups is 1. The van der Waals surface area contributed by atoms with E-state index in [4.69, 9.17) is 0 Å². The monoisotopic (exact) mass is 364 g/mol. The second-order valence-electron chi connectivity index (χ2n) is 4.96. The van der Waals surface area contributed by atoms with E-state index in [9.17, 15) is 14.0 Å². The average Bonchev–Trinajstić information content (AvgIpc) is 3.01. The van der Waals surface area contributed by atoms with Gasteiger partial charge >= 0.3 is 5.97 Å². The number of rotatable bonds is 4. The summed E-state index contributed by atoms with van der Waals surface area (Å²) in [4.78, 5) is 29.0. The summed E-state index contributed by atoms with van der Waals surface area (Å²) in [6, 6.07) is 5.99. The lowest BCUT2D eigenvalue weighted by atomic mass is 10.1. The molecule has 0 radical (unpaired) electrons. The Hall–Kier alpha value is -2.19. The van der Waals surface area contributed by atoms with Crippen molar-refractivity contribution in [1.29, 1.82) is 0 Å². The Balaban J connectivity index is 2.07. The van der Waals surface area contributed by atoms with Gasteiger partial charge in [-0.25, -0.2) is 9.37 Å². The van der Waals surface area contributed by atoms with Gasteiger partial charge in [-0.05, 0) is 17.7 Å². The highest BCUT2D eigenvalue weighted by molar-refractivity contribution is 7.99. The van der Waals surface area contributed by atoms with Crippen LogP contribution in [0.25, 0.3) is 21.3 Å². The van der Waals surface area contributed by atoms with Gasteiger partial charge in [0.2, 0.25) is 0 Å². The summed E-state index contributed by atoms with van der Waals surface area (Å²) in [5, 5.41) is 2.78. The number of halogens is 1. The molecule has 0 fully saturated rings. The van der Waals surface area contributed by atoms with Crippen molar-refractivity contribution in [2.45, 2.75) is 5.16 Å². The van der Waals surface area contributed by atoms with E-state index in [2.05, 4.69) is 9.72 Å². The molecule has 24 heavy (non-hydrogen) atoms. The molecule has 0 unspecified atom stereocenters. The lowest BCUT2D eigenvalue weighted by molar-refractivity contribution is -0.137. The Morgan fingerprint density at radius 1 is 1.38 bits per heavy atom. The van der Waals surface area contributed by atoms with Gasteiger partial charge in [-0.15, -0.1) is 11.3 Å². The molecule has 8 heteroatoms. The minimum absolute atomic E-state index is 0.0818. The summed E-state index contributed by atoms with van der Waals surface area (Å²) in [5.74, 6) is -0.628. The number of hydrogen-bond acceptors (Lipinski definition) is 6. The van der Waals surface area contributed by atoms with Crippen LogP contribution >= 0.6 is 23.1 Å². The quantitative estimate of drug-likeness (QED) is 0.404. The van der Waals surface area contributed by atoms with Crippen molar-refractivity contribution in [3.63, 3.8) is 0 Å². The maximum absolute atomic E-state index is 13.1. The molecule has 2 heterocycles. The van der Waals surface area contributed by atoms with Crippen LogP contribution in [-0.2, 0) is 16.6 Å². The van der Waals surface area contributed by atoms with Crippen molar-refractivity contribution < 1.29 is 13.9 Å². The molecule has 3 aromatic rings. The third-order valence-electron chi connectivity index (χ3n) is 3.48. The van der Waals surface area contributed by atoms with Crippen LogP contribution in [0, 0.1) is 5.82 Å². The van der Waals surface area contributed by atoms with E-state index < -0.39 is 0 Å². The Morgan fingerprint density at radius 2 is 2.08 bits per heavy atom. The number of ether oxygens (including phenoxy) is 1. The fourth-order valence-corrected chi connectivity index (χ4v) is 4.00. The first-order chi connectivity index (χ1) is 11.5. The Bertz CT molecular complexity index is 964. The molecular formula is C16H13FN2O3S2. The number of thiophene rings is 1. The van der Waals surface area contributed by atoms with Crippen molar-refractivity contribution in [3.8, 4) is 11.1 Å². The number of benzene rings is 1. The van der Waals surface area contributed by atoms with E-state index >= 15 is 0 Å². The molecular weight excluding hydrogens is 351 g/mol. The fraction of sp³-hybridized carbons (Fsp3) is 0.188. The van der Waals surface area contributed by atoms with Gasteiger partial charge in [0.05, 0.1) is 18.2 Å². The first-order valence-electron chi connectivity index (χ1n) is 6.95. The second-order valence-corrected chi connectivity index (χ2v) is 6.76. The largest absolute Gasteiger partial charge is 0.468 e. The molecule has 0 aliphatic rings. The SMILES string of the molecule is COC(=O)CSc1nc2scc(-c3ccc(F)cc3)c2c(=O)n1C. The van der Waals surface area contributed by atoms with Crippen molar-refractivity contribution in [3.05, 3.63) is 45.8 Å². The molecule has 0 saturated heterocycles. The average molecular weight is 364 g/mol. The van der Waals surface area contributed by atoms with E-state index in [1.807, 2.05) is 5.38 Å². The van der Waals surface area contributed by atoms with Gasteiger partial charge in [0.25, 0.3) is 5.56 Å². The normalized spacial score (nSPS) is 11.0. The van der Waals surface area contributed by atoms with E-state index in [0.29, 0.717) is 15.4 Å². The van der Waals surface area contributed by atoms with Gasteiger partial charge in [0, 0.05) is 18.0 Å². The molecule has 0 saturated carbocycles. The summed E-state index contributed by atoms with van der Waals surface area (Å²) in [6.07, 6.45) is 0. The highest BCUT2D eigenvalue weighted by Crippen LogP contribution is 2.32. The number of esters is 1. The first kappa shape index (κ1) is 16.7. The van der Waals surface area contributed by atoms with E-state index in [1.165, 1.54) is 35.1 Å². The minimum Gasteiger partial charge on any atom is -0.468 e. The van der Waals surface area contributed by atoms with Gasteiger partial charge in [0.1, 0.15) is 10.6 Å². The first-order valence-corrected chi connectivity index (χ1v) is 8.81. The molecule has 0 bridgehead atoms. The molecule has 0 aliphatic heterocycles. The van der Waals surface area contributed by atoms with Crippen LogP contribution in [0.3, 0.4) is 0 Å². The maximum Gasteiger partial charge on any atom is 0.316 e. The van der Waals surface area contributed by atoms with Crippen LogP contribution in [0.2, 0.25) is 0 Å². The highest BCUT2D eigenvalue weighted by atomic mass is 32.2. The van der Waals surface area contributed by atoms with Crippen molar-refractivity contribution in [2.75, 3.05) is 12.9 Å². The maximum atomic E-state index is 13.1. The predicted octanol–water partition coefficient (Wildman–Crippen LogP) is 3.07. The van der Waals surface area contributed by atoms with Crippen LogP contribution in [0.4, 0.5) is 4.39 Å². The molecule has 3 rings (SSSR count). The number of methoxy groups -OCH3 is 1. The number of aromatic nitrogens is 2. The molecule has 0 N–H and O–H groups in total. The number of carbonyl (C=O) groups excluding carboxylic acids is 1. The van der Waals surface area contributed by atoms with Crippen LogP contribution in [0.1, 0.15) is 0 Å². The third-order valence-corrected chi connectivity index (χ3v) is 5.35. The van der Waals surface area contributed by atoms with E-state index in [0.717, 1.165) is 22.9 Å². The third kappa shape index (κ3) is 3.07. The molecule has 2 aromatic heterocycles. The predicted molar refractivity (Wildman–Crippen MR) is 93.0 cm³/mol. The van der Waals surface area contributed by atoms with Crippen molar-refractivity contribution >= 4 is 39.3 Å². The van der Waals surface area contributed by atoms with Gasteiger partial charge < -0.3 is 4.74 Å². The van der Waals surface area contributed by atoms with E-state index in [1.54, 1.807) is 19.2 Å². The van der Waals surface area contributed by atoms with Crippen LogP contribution < -0.4 is 5.56 Å². The van der Waals surface area contributed by atoms with Crippen molar-refractivity contribution in [1.82, 2.24) is 9.55 Å². The summed E-state index contributed by atoms with van der Waals surface area (Å²) < 4.78 is 19.1. The zero-order valence-corrected chi connectivity index (χ0v) is 14.5. The summed E-state index contributed by atoms with van der Waals surface area (Å²) >= 11 is 2.49. The Labute approximate surface area is 145 Å². The van der Waals surface area contributed by atoms with E-state index in [-0.39, 0.29) is 23.1 Å². The molecule has 124 valence electrons. The lowest BCUT2D eigenvalue weighted by Gasteiger charge is -2.07. The molecule has 0 atom stereocenters. The second kappa shape index (κ2) is 6.74. The van der Waals surface area contributed by atoms with Gasteiger partial charge in [0.15, 0.2) is 5.16 Å². The standard InChI is InChI=1S/C16H13FN2O3S2/c1-19-15(21)13-11(9-3-5-10(17)6-4-9)7-23-14(13)18-16(19)24-8-12(20)22-2/h3-7H,8H2,1-2H3.